The van der Waals surface area contributed by atoms with E-state index in [1.54, 1.807) is 0 Å². The first-order chi connectivity index (χ1) is 13.8. The van der Waals surface area contributed by atoms with Crippen LogP contribution < -0.4 is 0 Å². The van der Waals surface area contributed by atoms with Gasteiger partial charge in [0, 0.05) is 9.52 Å². The predicted octanol–water partition coefficient (Wildman–Crippen LogP) is 7.13. The van der Waals surface area contributed by atoms with Gasteiger partial charge in [-0.05, 0) is 68.8 Å². The summed E-state index contributed by atoms with van der Waals surface area (Å²) in [5.74, 6) is 0. The van der Waals surface area contributed by atoms with Gasteiger partial charge >= 0.3 is 0 Å². The summed E-state index contributed by atoms with van der Waals surface area (Å²) in [5, 5.41) is 0. The Hall–Kier alpha value is -2.12. The molecule has 0 bridgehead atoms. The second-order valence-corrected chi connectivity index (χ2v) is 11.0. The van der Waals surface area contributed by atoms with Crippen LogP contribution in [0.4, 0.5) is 0 Å². The molecule has 0 N–H and O–H groups in total. The molecule has 0 saturated heterocycles. The maximum atomic E-state index is 2.42. The third kappa shape index (κ3) is 6.71. The van der Waals surface area contributed by atoms with Gasteiger partial charge in [-0.2, -0.15) is 0 Å². The Kier molecular flexibility index (Phi) is 7.13. The fourth-order valence-electron chi connectivity index (χ4n) is 4.27. The highest BCUT2D eigenvalue weighted by Gasteiger charge is 2.06. The summed E-state index contributed by atoms with van der Waals surface area (Å²) in [6.07, 6.45) is 2.02. The summed E-state index contributed by atoms with van der Waals surface area (Å²) in [6, 6.07) is 22.3. The van der Waals surface area contributed by atoms with E-state index in [-0.39, 0.29) is 0 Å². The molecule has 2 radical (unpaired) electrons. The number of aryl methyl sites for hydroxylation is 4. The Morgan fingerprint density at radius 2 is 0.862 bits per heavy atom. The average Bonchev–Trinajstić information content (AvgIpc) is 2.58. The summed E-state index contributed by atoms with van der Waals surface area (Å²) in [7, 11) is 1.00. The van der Waals surface area contributed by atoms with E-state index < -0.39 is 0 Å². The van der Waals surface area contributed by atoms with Crippen LogP contribution in [0.1, 0.15) is 63.9 Å². The Balaban J connectivity index is 1.81. The molecular weight excluding hydrogens is 364 g/mol. The van der Waals surface area contributed by atoms with Crippen molar-refractivity contribution in [2.24, 2.45) is 0 Å². The average molecular weight is 399 g/mol. The molecule has 150 valence electrons. The first-order valence-electron chi connectivity index (χ1n) is 10.8. The quantitative estimate of drug-likeness (QED) is 0.371. The van der Waals surface area contributed by atoms with Crippen molar-refractivity contribution in [3.63, 3.8) is 0 Å². The van der Waals surface area contributed by atoms with E-state index in [1.807, 2.05) is 0 Å². The van der Waals surface area contributed by atoms with E-state index in [0.717, 1.165) is 27.9 Å². The molecule has 3 aromatic carbocycles. The standard InChI is InChI=1S/C28H34Si/c1-19(2)29-18-28-13-23(6)12-27(17-28)16-26-11-22(5)10-25(15-26)14-24-8-20(3)7-21(4)9-24/h7-13,15,17,19H,14,16,18H2,1-6H3. The van der Waals surface area contributed by atoms with E-state index in [1.165, 1.54) is 56.1 Å². The summed E-state index contributed by atoms with van der Waals surface area (Å²) in [4.78, 5) is 0. The third-order valence-electron chi connectivity index (χ3n) is 5.21. The minimum atomic E-state index is 0.781. The molecule has 0 aliphatic heterocycles. The number of rotatable bonds is 7. The van der Waals surface area contributed by atoms with Gasteiger partial charge in [0.2, 0.25) is 0 Å². The lowest BCUT2D eigenvalue weighted by Gasteiger charge is -2.12. The Labute approximate surface area is 180 Å². The van der Waals surface area contributed by atoms with Crippen molar-refractivity contribution in [3.05, 3.63) is 105 Å². The molecule has 29 heavy (non-hydrogen) atoms. The number of hydrogen-bond donors (Lipinski definition) is 0. The molecule has 0 aliphatic carbocycles. The Morgan fingerprint density at radius 1 is 0.517 bits per heavy atom. The highest BCUT2D eigenvalue weighted by molar-refractivity contribution is 6.36. The Morgan fingerprint density at radius 3 is 1.31 bits per heavy atom. The first kappa shape index (κ1) is 21.6. The molecular formula is C28H34Si. The third-order valence-corrected chi connectivity index (χ3v) is 6.64. The maximum Gasteiger partial charge on any atom is 0.0457 e. The van der Waals surface area contributed by atoms with Crippen molar-refractivity contribution in [2.45, 2.75) is 66.0 Å². The lowest BCUT2D eigenvalue weighted by atomic mass is 9.95. The van der Waals surface area contributed by atoms with Crippen LogP contribution >= 0.6 is 0 Å². The largest absolute Gasteiger partial charge is 0.0656 e. The summed E-state index contributed by atoms with van der Waals surface area (Å²) in [5.41, 5.74) is 13.4. The van der Waals surface area contributed by atoms with E-state index in [9.17, 15) is 0 Å². The predicted molar refractivity (Wildman–Crippen MR) is 128 cm³/mol. The molecule has 0 spiro atoms. The second-order valence-electron chi connectivity index (χ2n) is 9.04. The molecule has 0 aromatic heterocycles. The van der Waals surface area contributed by atoms with Crippen LogP contribution in [0.15, 0.2) is 54.6 Å². The lowest BCUT2D eigenvalue weighted by molar-refractivity contribution is 1.04. The molecule has 0 saturated carbocycles. The van der Waals surface area contributed by atoms with Gasteiger partial charge in [0.25, 0.3) is 0 Å². The molecule has 0 nitrogen and oxygen atoms in total. The van der Waals surface area contributed by atoms with Gasteiger partial charge in [-0.3, -0.25) is 0 Å². The highest BCUT2D eigenvalue weighted by atomic mass is 28.2. The zero-order valence-electron chi connectivity index (χ0n) is 18.9. The zero-order valence-corrected chi connectivity index (χ0v) is 19.9. The SMILES string of the molecule is Cc1cc(C)cc(Cc2cc(C)cc(Cc3cc(C)cc(C[Si]C(C)C)c3)c2)c1. The summed E-state index contributed by atoms with van der Waals surface area (Å²) >= 11 is 0. The van der Waals surface area contributed by atoms with Gasteiger partial charge in [0.1, 0.15) is 0 Å². The van der Waals surface area contributed by atoms with E-state index >= 15 is 0 Å². The zero-order chi connectivity index (χ0) is 21.0. The normalized spacial score (nSPS) is 11.3. The van der Waals surface area contributed by atoms with Crippen LogP contribution in [0.2, 0.25) is 5.54 Å². The molecule has 0 fully saturated rings. The number of benzene rings is 3. The van der Waals surface area contributed by atoms with Crippen molar-refractivity contribution in [2.75, 3.05) is 0 Å². The van der Waals surface area contributed by atoms with E-state index in [2.05, 4.69) is 96.1 Å². The van der Waals surface area contributed by atoms with Gasteiger partial charge < -0.3 is 0 Å². The summed E-state index contributed by atoms with van der Waals surface area (Å²) < 4.78 is 0. The van der Waals surface area contributed by atoms with Crippen molar-refractivity contribution in [3.8, 4) is 0 Å². The number of hydrogen-bond acceptors (Lipinski definition) is 0. The molecule has 0 heterocycles. The second kappa shape index (κ2) is 9.58. The van der Waals surface area contributed by atoms with Gasteiger partial charge in [0.05, 0.1) is 0 Å². The summed E-state index contributed by atoms with van der Waals surface area (Å²) in [6.45, 7) is 13.5. The minimum absolute atomic E-state index is 0.781. The van der Waals surface area contributed by atoms with E-state index in [0.29, 0.717) is 0 Å². The van der Waals surface area contributed by atoms with Crippen molar-refractivity contribution in [1.82, 2.24) is 0 Å². The first-order valence-corrected chi connectivity index (χ1v) is 12.0. The van der Waals surface area contributed by atoms with Crippen LogP contribution in [-0.2, 0) is 18.9 Å². The molecule has 0 amide bonds. The monoisotopic (exact) mass is 398 g/mol. The molecule has 1 heteroatoms. The minimum Gasteiger partial charge on any atom is -0.0656 e. The molecule has 0 unspecified atom stereocenters. The maximum absolute atomic E-state index is 2.42. The van der Waals surface area contributed by atoms with Crippen molar-refractivity contribution in [1.29, 1.82) is 0 Å². The molecule has 3 aromatic rings. The molecule has 0 atom stereocenters. The fraction of sp³-hybridized carbons (Fsp3) is 0.357. The molecule has 0 aliphatic rings. The Bertz CT molecular complexity index is 961. The van der Waals surface area contributed by atoms with Crippen LogP contribution in [0.3, 0.4) is 0 Å². The van der Waals surface area contributed by atoms with Gasteiger partial charge in [-0.1, -0.05) is 102 Å². The van der Waals surface area contributed by atoms with Crippen LogP contribution in [0.5, 0.6) is 0 Å². The van der Waals surface area contributed by atoms with Gasteiger partial charge in [0.15, 0.2) is 0 Å². The van der Waals surface area contributed by atoms with Crippen molar-refractivity contribution >= 4 is 9.52 Å². The topological polar surface area (TPSA) is 0 Å². The molecule has 3 rings (SSSR count). The van der Waals surface area contributed by atoms with Crippen molar-refractivity contribution < 1.29 is 0 Å². The van der Waals surface area contributed by atoms with Gasteiger partial charge in [-0.15, -0.1) is 0 Å². The van der Waals surface area contributed by atoms with Crippen LogP contribution in [0, 0.1) is 27.7 Å². The van der Waals surface area contributed by atoms with Gasteiger partial charge in [-0.25, -0.2) is 0 Å². The fourth-order valence-corrected chi connectivity index (χ4v) is 5.12. The van der Waals surface area contributed by atoms with Crippen LogP contribution in [0.25, 0.3) is 0 Å². The smallest absolute Gasteiger partial charge is 0.0457 e. The highest BCUT2D eigenvalue weighted by Crippen LogP contribution is 2.20. The van der Waals surface area contributed by atoms with Crippen LogP contribution in [-0.4, -0.2) is 9.52 Å². The van der Waals surface area contributed by atoms with E-state index in [4.69, 9.17) is 0 Å². The lowest BCUT2D eigenvalue weighted by Crippen LogP contribution is -2.02.